The fraction of sp³-hybridized carbons (Fsp3) is 0.900. The minimum Gasteiger partial charge on any atom is -0.300 e. The van der Waals surface area contributed by atoms with E-state index >= 15 is 0 Å². The minimum atomic E-state index is -0.0158. The smallest absolute Gasteiger partial charge is 0.139 e. The Morgan fingerprint density at radius 3 is 2.50 bits per heavy atom. The van der Waals surface area contributed by atoms with Crippen LogP contribution in [0, 0.1) is 40.4 Å². The molecule has 0 radical (unpaired) electrons. The molecule has 7 atom stereocenters. The normalized spacial score (nSPS) is 54.6. The molecule has 4 rings (SSSR count). The minimum absolute atomic E-state index is 0.0158. The quantitative estimate of drug-likeness (QED) is 0.664. The van der Waals surface area contributed by atoms with Crippen molar-refractivity contribution >= 4 is 11.6 Å². The molecule has 4 saturated carbocycles. The number of hydrogen-bond donors (Lipinski definition) is 0. The van der Waals surface area contributed by atoms with Gasteiger partial charge in [0.05, 0.1) is 0 Å². The maximum atomic E-state index is 12.4. The van der Waals surface area contributed by atoms with Crippen LogP contribution in [0.15, 0.2) is 0 Å². The highest BCUT2D eigenvalue weighted by atomic mass is 16.1. The van der Waals surface area contributed by atoms with Gasteiger partial charge in [0, 0.05) is 24.7 Å². The first-order valence-electron chi connectivity index (χ1n) is 9.42. The summed E-state index contributed by atoms with van der Waals surface area (Å²) in [6.07, 6.45) is 8.35. The van der Waals surface area contributed by atoms with Crippen molar-refractivity contribution in [2.75, 3.05) is 0 Å². The zero-order chi connectivity index (χ0) is 15.7. The summed E-state index contributed by atoms with van der Waals surface area (Å²) in [5.74, 6) is 4.27. The van der Waals surface area contributed by atoms with Crippen molar-refractivity contribution in [3.63, 3.8) is 0 Å². The first-order chi connectivity index (χ1) is 10.4. The van der Waals surface area contributed by atoms with Crippen LogP contribution in [0.1, 0.15) is 72.1 Å². The van der Waals surface area contributed by atoms with E-state index in [2.05, 4.69) is 20.8 Å². The molecule has 0 aromatic carbocycles. The summed E-state index contributed by atoms with van der Waals surface area (Å²) >= 11 is 0. The Morgan fingerprint density at radius 2 is 1.73 bits per heavy atom. The number of hydrogen-bond acceptors (Lipinski definition) is 2. The Bertz CT molecular complexity index is 524. The molecule has 0 unspecified atom stereocenters. The molecule has 4 aliphatic rings. The zero-order valence-electron chi connectivity index (χ0n) is 14.4. The fourth-order valence-electron chi connectivity index (χ4n) is 7.25. The van der Waals surface area contributed by atoms with E-state index in [9.17, 15) is 9.59 Å². The van der Waals surface area contributed by atoms with E-state index in [4.69, 9.17) is 0 Å². The van der Waals surface area contributed by atoms with Crippen molar-refractivity contribution < 1.29 is 9.59 Å². The molecule has 4 fully saturated rings. The molecular weight excluding hydrogens is 272 g/mol. The second-order valence-corrected chi connectivity index (χ2v) is 9.28. The van der Waals surface area contributed by atoms with Gasteiger partial charge in [-0.1, -0.05) is 20.8 Å². The van der Waals surface area contributed by atoms with E-state index in [0.29, 0.717) is 34.7 Å². The highest BCUT2D eigenvalue weighted by Gasteiger charge is 2.61. The molecule has 0 aliphatic heterocycles. The summed E-state index contributed by atoms with van der Waals surface area (Å²) in [5, 5.41) is 0. The third-order valence-electron chi connectivity index (χ3n) is 8.74. The summed E-state index contributed by atoms with van der Waals surface area (Å²) in [5.41, 5.74) is 0.321. The molecule has 0 bridgehead atoms. The number of carbonyl (C=O) groups is 2. The van der Waals surface area contributed by atoms with E-state index in [0.717, 1.165) is 43.9 Å². The molecule has 0 aromatic heterocycles. The molecule has 2 nitrogen and oxygen atoms in total. The summed E-state index contributed by atoms with van der Waals surface area (Å²) in [7, 11) is 0. The van der Waals surface area contributed by atoms with E-state index < -0.39 is 0 Å². The van der Waals surface area contributed by atoms with Gasteiger partial charge in [-0.2, -0.15) is 0 Å². The van der Waals surface area contributed by atoms with Gasteiger partial charge in [0.25, 0.3) is 0 Å². The number of carbonyl (C=O) groups excluding carboxylic acids is 2. The predicted molar refractivity (Wildman–Crippen MR) is 86.3 cm³/mol. The van der Waals surface area contributed by atoms with Gasteiger partial charge in [-0.05, 0) is 67.1 Å². The van der Waals surface area contributed by atoms with Crippen LogP contribution in [-0.2, 0) is 9.59 Å². The van der Waals surface area contributed by atoms with Crippen LogP contribution in [-0.4, -0.2) is 11.6 Å². The average Bonchev–Trinajstić information content (AvgIpc) is 2.77. The van der Waals surface area contributed by atoms with E-state index in [-0.39, 0.29) is 5.41 Å². The lowest BCUT2D eigenvalue weighted by Gasteiger charge is -2.61. The van der Waals surface area contributed by atoms with Crippen molar-refractivity contribution in [3.8, 4) is 0 Å². The lowest BCUT2D eigenvalue weighted by molar-refractivity contribution is -0.153. The van der Waals surface area contributed by atoms with Crippen molar-refractivity contribution in [1.82, 2.24) is 0 Å². The van der Waals surface area contributed by atoms with Crippen molar-refractivity contribution in [2.24, 2.45) is 40.4 Å². The SMILES string of the molecule is C[C@H]1CC(=O)C[C@@H]2CC[C@@H]3[C@H](CC[C@]4(C)C(=O)CC[C@@H]34)[C@]21C. The molecular formula is C20H30O2. The van der Waals surface area contributed by atoms with Crippen LogP contribution in [0.3, 0.4) is 0 Å². The molecule has 0 spiro atoms. The number of rotatable bonds is 0. The highest BCUT2D eigenvalue weighted by molar-refractivity contribution is 5.87. The van der Waals surface area contributed by atoms with Crippen molar-refractivity contribution in [3.05, 3.63) is 0 Å². The van der Waals surface area contributed by atoms with Crippen LogP contribution < -0.4 is 0 Å². The van der Waals surface area contributed by atoms with Gasteiger partial charge in [-0.15, -0.1) is 0 Å². The van der Waals surface area contributed by atoms with E-state index in [1.54, 1.807) is 0 Å². The number of ketones is 2. The zero-order valence-corrected chi connectivity index (χ0v) is 14.4. The van der Waals surface area contributed by atoms with Gasteiger partial charge in [0.1, 0.15) is 11.6 Å². The summed E-state index contributed by atoms with van der Waals surface area (Å²) in [6, 6.07) is 0. The molecule has 0 heterocycles. The van der Waals surface area contributed by atoms with Gasteiger partial charge in [0.15, 0.2) is 0 Å². The molecule has 0 saturated heterocycles. The van der Waals surface area contributed by atoms with Crippen LogP contribution in [0.4, 0.5) is 0 Å². The standard InChI is InChI=1S/C20H30O2/c1-12-10-14(21)11-13-4-5-15-16-6-7-18(22)19(16,2)9-8-17(15)20(12,13)3/h12-13,15-17H,4-11H2,1-3H3/t12-,13-,15-,16-,17-,19-,20-/m0/s1. The Hall–Kier alpha value is -0.660. The summed E-state index contributed by atoms with van der Waals surface area (Å²) in [6.45, 7) is 7.07. The lowest BCUT2D eigenvalue weighted by atomic mass is 9.43. The third-order valence-corrected chi connectivity index (χ3v) is 8.74. The summed E-state index contributed by atoms with van der Waals surface area (Å²) in [4.78, 5) is 24.5. The predicted octanol–water partition coefficient (Wildman–Crippen LogP) is 4.41. The molecule has 122 valence electrons. The molecule has 4 aliphatic carbocycles. The Labute approximate surface area is 134 Å². The average molecular weight is 302 g/mol. The maximum absolute atomic E-state index is 12.4. The van der Waals surface area contributed by atoms with Gasteiger partial charge >= 0.3 is 0 Å². The van der Waals surface area contributed by atoms with Gasteiger partial charge in [0.2, 0.25) is 0 Å². The number of fused-ring (bicyclic) bond motifs is 5. The Kier molecular flexibility index (Phi) is 3.17. The molecule has 0 N–H and O–H groups in total. The van der Waals surface area contributed by atoms with Gasteiger partial charge in [-0.25, -0.2) is 0 Å². The fourth-order valence-corrected chi connectivity index (χ4v) is 7.25. The van der Waals surface area contributed by atoms with Crippen LogP contribution in [0.5, 0.6) is 0 Å². The first kappa shape index (κ1) is 14.9. The monoisotopic (exact) mass is 302 g/mol. The highest BCUT2D eigenvalue weighted by Crippen LogP contribution is 2.66. The molecule has 22 heavy (non-hydrogen) atoms. The lowest BCUT2D eigenvalue weighted by Crippen LogP contribution is -2.56. The van der Waals surface area contributed by atoms with Crippen LogP contribution >= 0.6 is 0 Å². The second-order valence-electron chi connectivity index (χ2n) is 9.28. The number of Topliss-reactive ketones (excluding diaryl/α,β-unsaturated/α-hetero) is 2. The van der Waals surface area contributed by atoms with Crippen LogP contribution in [0.25, 0.3) is 0 Å². The second kappa shape index (κ2) is 4.68. The summed E-state index contributed by atoms with van der Waals surface area (Å²) < 4.78 is 0. The van der Waals surface area contributed by atoms with Crippen molar-refractivity contribution in [1.29, 1.82) is 0 Å². The van der Waals surface area contributed by atoms with E-state index in [1.807, 2.05) is 0 Å². The van der Waals surface area contributed by atoms with Crippen LogP contribution in [0.2, 0.25) is 0 Å². The van der Waals surface area contributed by atoms with Gasteiger partial charge < -0.3 is 0 Å². The molecule has 2 heteroatoms. The van der Waals surface area contributed by atoms with Crippen molar-refractivity contribution in [2.45, 2.75) is 72.1 Å². The van der Waals surface area contributed by atoms with E-state index in [1.165, 1.54) is 19.3 Å². The molecule has 0 aromatic rings. The Balaban J connectivity index is 1.69. The maximum Gasteiger partial charge on any atom is 0.139 e. The van der Waals surface area contributed by atoms with Gasteiger partial charge in [-0.3, -0.25) is 9.59 Å². The topological polar surface area (TPSA) is 34.1 Å². The molecule has 0 amide bonds. The largest absolute Gasteiger partial charge is 0.300 e. The first-order valence-corrected chi connectivity index (χ1v) is 9.42. The Morgan fingerprint density at radius 1 is 0.955 bits per heavy atom. The third kappa shape index (κ3) is 1.73.